The van der Waals surface area contributed by atoms with Gasteiger partial charge in [0.05, 0.1) is 24.5 Å². The molecule has 0 bridgehead atoms. The molecule has 0 unspecified atom stereocenters. The molecular formula is C22H18ClN3O3S2. The molecule has 0 amide bonds. The Hall–Kier alpha value is -2.94. The number of nitrogens with zero attached hydrogens (tertiary/aromatic N) is 2. The summed E-state index contributed by atoms with van der Waals surface area (Å²) >= 11 is 9.19. The minimum absolute atomic E-state index is 0.397. The van der Waals surface area contributed by atoms with E-state index in [0.29, 0.717) is 26.7 Å². The summed E-state index contributed by atoms with van der Waals surface area (Å²) in [5.74, 6) is 0.647. The van der Waals surface area contributed by atoms with Crippen molar-refractivity contribution in [3.8, 4) is 16.2 Å². The molecule has 0 spiro atoms. The summed E-state index contributed by atoms with van der Waals surface area (Å²) in [7, 11) is 1.57. The lowest BCUT2D eigenvalue weighted by Crippen LogP contribution is -2.34. The molecule has 3 heterocycles. The van der Waals surface area contributed by atoms with Gasteiger partial charge < -0.3 is 9.72 Å². The van der Waals surface area contributed by atoms with E-state index in [1.165, 1.54) is 17.5 Å². The van der Waals surface area contributed by atoms with E-state index < -0.39 is 11.2 Å². The van der Waals surface area contributed by atoms with Crippen LogP contribution in [0.25, 0.3) is 26.4 Å². The molecule has 3 aromatic heterocycles. The zero-order valence-corrected chi connectivity index (χ0v) is 19.4. The molecule has 0 radical (unpaired) electrons. The number of halogens is 1. The number of aromatic nitrogens is 2. The topological polar surface area (TPSA) is 76.4 Å². The highest BCUT2D eigenvalue weighted by atomic mass is 35.5. The fraction of sp³-hybridized carbons (Fsp3) is 0.136. The average Bonchev–Trinajstić information content (AvgIpc) is 3.31. The van der Waals surface area contributed by atoms with Crippen molar-refractivity contribution < 1.29 is 4.74 Å². The molecule has 0 aliphatic rings. The minimum Gasteiger partial charge on any atom is -0.497 e. The van der Waals surface area contributed by atoms with Crippen molar-refractivity contribution in [2.75, 3.05) is 7.11 Å². The summed E-state index contributed by atoms with van der Waals surface area (Å²) in [5.41, 5.74) is 2.37. The maximum Gasteiger partial charge on any atom is 0.333 e. The number of ether oxygens (including phenoxy) is 1. The van der Waals surface area contributed by atoms with Crippen LogP contribution in [-0.4, -0.2) is 23.4 Å². The van der Waals surface area contributed by atoms with Crippen LogP contribution in [0, 0.1) is 13.8 Å². The third kappa shape index (κ3) is 3.67. The van der Waals surface area contributed by atoms with Crippen molar-refractivity contribution in [2.24, 2.45) is 4.99 Å². The summed E-state index contributed by atoms with van der Waals surface area (Å²) in [5, 5.41) is 2.50. The van der Waals surface area contributed by atoms with Gasteiger partial charge in [0.1, 0.15) is 10.4 Å². The Morgan fingerprint density at radius 1 is 1.29 bits per heavy atom. The third-order valence-electron chi connectivity index (χ3n) is 4.88. The average molecular weight is 472 g/mol. The molecule has 4 aromatic rings. The van der Waals surface area contributed by atoms with Crippen molar-refractivity contribution in [1.82, 2.24) is 9.55 Å². The second-order valence-corrected chi connectivity index (χ2v) is 9.36. The van der Waals surface area contributed by atoms with E-state index in [4.69, 9.17) is 16.3 Å². The Bertz CT molecular complexity index is 1450. The van der Waals surface area contributed by atoms with E-state index >= 15 is 0 Å². The van der Waals surface area contributed by atoms with Crippen molar-refractivity contribution >= 4 is 56.9 Å². The minimum atomic E-state index is -0.543. The first-order valence-electron chi connectivity index (χ1n) is 9.20. The SMILES string of the molecule is C=N/C=C(\c1c(C)csc1C)n1c(=O)[nH]c2cc(-c3cc(OC)ccc3Cl)sc2c1=O. The van der Waals surface area contributed by atoms with Crippen molar-refractivity contribution in [3.05, 3.63) is 77.7 Å². The number of H-pyrrole nitrogens is 1. The molecule has 0 aliphatic heterocycles. The summed E-state index contributed by atoms with van der Waals surface area (Å²) in [4.78, 5) is 34.8. The molecular weight excluding hydrogens is 454 g/mol. The largest absolute Gasteiger partial charge is 0.497 e. The van der Waals surface area contributed by atoms with E-state index in [0.717, 1.165) is 31.0 Å². The van der Waals surface area contributed by atoms with E-state index in [2.05, 4.69) is 16.7 Å². The monoisotopic (exact) mass is 471 g/mol. The van der Waals surface area contributed by atoms with Crippen LogP contribution < -0.4 is 16.0 Å². The van der Waals surface area contributed by atoms with Gasteiger partial charge >= 0.3 is 5.69 Å². The zero-order valence-electron chi connectivity index (χ0n) is 17.0. The highest BCUT2D eigenvalue weighted by molar-refractivity contribution is 7.22. The van der Waals surface area contributed by atoms with Gasteiger partial charge in [-0.2, -0.15) is 0 Å². The molecule has 6 nitrogen and oxygen atoms in total. The van der Waals surface area contributed by atoms with Gasteiger partial charge in [-0.05, 0) is 55.8 Å². The lowest BCUT2D eigenvalue weighted by Gasteiger charge is -2.10. The number of fused-ring (bicyclic) bond motifs is 1. The number of hydrogen-bond donors (Lipinski definition) is 1. The first-order valence-corrected chi connectivity index (χ1v) is 11.3. The quantitative estimate of drug-likeness (QED) is 0.401. The predicted molar refractivity (Wildman–Crippen MR) is 130 cm³/mol. The van der Waals surface area contributed by atoms with Gasteiger partial charge in [-0.1, -0.05) is 11.6 Å². The number of aryl methyl sites for hydroxylation is 2. The highest BCUT2D eigenvalue weighted by Gasteiger charge is 2.20. The standard InChI is InChI=1S/C22H18ClN3O3S2/c1-11-10-30-12(2)19(11)17(9-24-3)26-21(27)20-16(25-22(26)28)8-18(31-20)14-7-13(29-4)5-6-15(14)23/h5-10H,3H2,1-2,4H3,(H,25,28)/b17-9+. The lowest BCUT2D eigenvalue weighted by molar-refractivity contribution is 0.415. The highest BCUT2D eigenvalue weighted by Crippen LogP contribution is 2.37. The zero-order chi connectivity index (χ0) is 22.3. The van der Waals surface area contributed by atoms with Crippen LogP contribution in [-0.2, 0) is 0 Å². The first kappa shape index (κ1) is 21.3. The van der Waals surface area contributed by atoms with Crippen LogP contribution in [0.3, 0.4) is 0 Å². The van der Waals surface area contributed by atoms with Gasteiger partial charge in [-0.3, -0.25) is 9.79 Å². The number of thiophene rings is 2. The number of aliphatic imine (C=N–C) groups is 1. The molecule has 0 saturated heterocycles. The van der Waals surface area contributed by atoms with Crippen LogP contribution >= 0.6 is 34.3 Å². The molecule has 31 heavy (non-hydrogen) atoms. The summed E-state index contributed by atoms with van der Waals surface area (Å²) in [6.07, 6.45) is 1.44. The lowest BCUT2D eigenvalue weighted by atomic mass is 10.1. The van der Waals surface area contributed by atoms with Crippen LogP contribution in [0.4, 0.5) is 0 Å². The molecule has 158 valence electrons. The van der Waals surface area contributed by atoms with Crippen LogP contribution in [0.5, 0.6) is 5.75 Å². The van der Waals surface area contributed by atoms with Crippen molar-refractivity contribution in [3.63, 3.8) is 0 Å². The molecule has 9 heteroatoms. The van der Waals surface area contributed by atoms with Gasteiger partial charge in [0.2, 0.25) is 0 Å². The van der Waals surface area contributed by atoms with Crippen molar-refractivity contribution in [2.45, 2.75) is 13.8 Å². The van der Waals surface area contributed by atoms with E-state index in [1.54, 1.807) is 42.7 Å². The first-order chi connectivity index (χ1) is 14.8. The van der Waals surface area contributed by atoms with Crippen molar-refractivity contribution in [1.29, 1.82) is 0 Å². The fourth-order valence-electron chi connectivity index (χ4n) is 3.45. The van der Waals surface area contributed by atoms with E-state index in [-0.39, 0.29) is 0 Å². The van der Waals surface area contributed by atoms with E-state index in [9.17, 15) is 9.59 Å². The Balaban J connectivity index is 1.98. The predicted octanol–water partition coefficient (Wildman–Crippen LogP) is 5.31. The van der Waals surface area contributed by atoms with Gasteiger partial charge in [0, 0.05) is 25.9 Å². The van der Waals surface area contributed by atoms with Crippen LogP contribution in [0.2, 0.25) is 5.02 Å². The molecule has 0 aliphatic carbocycles. The third-order valence-corrected chi connectivity index (χ3v) is 7.40. The van der Waals surface area contributed by atoms with E-state index in [1.807, 2.05) is 19.2 Å². The molecule has 0 saturated carbocycles. The maximum atomic E-state index is 13.4. The van der Waals surface area contributed by atoms with Gasteiger partial charge in [0.25, 0.3) is 5.56 Å². The Morgan fingerprint density at radius 2 is 2.06 bits per heavy atom. The molecule has 4 rings (SSSR count). The maximum absolute atomic E-state index is 13.4. The smallest absolute Gasteiger partial charge is 0.333 e. The normalized spacial score (nSPS) is 11.8. The Morgan fingerprint density at radius 3 is 2.71 bits per heavy atom. The number of benzene rings is 1. The number of hydrogen-bond acceptors (Lipinski definition) is 6. The summed E-state index contributed by atoms with van der Waals surface area (Å²) in [6, 6.07) is 7.05. The Labute approximate surface area is 190 Å². The number of rotatable bonds is 5. The molecule has 1 aromatic carbocycles. The molecule has 1 N–H and O–H groups in total. The second kappa shape index (κ2) is 8.30. The Kier molecular flexibility index (Phi) is 5.70. The van der Waals surface area contributed by atoms with Gasteiger partial charge in [-0.15, -0.1) is 22.7 Å². The summed E-state index contributed by atoms with van der Waals surface area (Å²) < 4.78 is 6.82. The van der Waals surface area contributed by atoms with Crippen LogP contribution in [0.15, 0.2) is 50.4 Å². The van der Waals surface area contributed by atoms with Crippen LogP contribution in [0.1, 0.15) is 16.0 Å². The molecule has 0 atom stereocenters. The molecule has 0 fully saturated rings. The van der Waals surface area contributed by atoms with Gasteiger partial charge in [-0.25, -0.2) is 9.36 Å². The summed E-state index contributed by atoms with van der Waals surface area (Å²) in [6.45, 7) is 7.38. The second-order valence-electron chi connectivity index (χ2n) is 6.82. The fourth-order valence-corrected chi connectivity index (χ4v) is 5.66. The number of methoxy groups -OCH3 is 1. The van der Waals surface area contributed by atoms with Gasteiger partial charge in [0.15, 0.2) is 0 Å². The number of aromatic amines is 1. The number of nitrogens with one attached hydrogen (secondary N) is 1.